The molecule has 1 fully saturated rings. The molecule has 144 valence electrons. The molecule has 0 spiro atoms. The molecule has 2 aromatic carbocycles. The van der Waals surface area contributed by atoms with E-state index in [2.05, 4.69) is 0 Å². The summed E-state index contributed by atoms with van der Waals surface area (Å²) in [5.41, 5.74) is 1.32. The summed E-state index contributed by atoms with van der Waals surface area (Å²) in [6.45, 7) is 2.12. The minimum Gasteiger partial charge on any atom is -0.487 e. The molecule has 0 unspecified atom stereocenters. The Labute approximate surface area is 163 Å². The Hall–Kier alpha value is -2.90. The smallest absolute Gasteiger partial charge is 0.339 e. The fourth-order valence-electron chi connectivity index (χ4n) is 3.12. The van der Waals surface area contributed by atoms with Crippen LogP contribution in [0.15, 0.2) is 80.8 Å². The third-order valence-corrected chi connectivity index (χ3v) is 6.39. The number of aryl methyl sites for hydroxylation is 1. The van der Waals surface area contributed by atoms with Crippen LogP contribution in [0.5, 0.6) is 5.75 Å². The average molecular weight is 397 g/mol. The van der Waals surface area contributed by atoms with Crippen LogP contribution in [0.25, 0.3) is 11.1 Å². The summed E-state index contributed by atoms with van der Waals surface area (Å²) in [5.74, 6) is 0.839. The molecule has 0 atom stereocenters. The van der Waals surface area contributed by atoms with E-state index in [0.717, 1.165) is 11.1 Å². The fraction of sp³-hybridized carbons (Fsp3) is 0.190. The molecule has 28 heavy (non-hydrogen) atoms. The lowest BCUT2D eigenvalue weighted by molar-refractivity contribution is 0.0754. The van der Waals surface area contributed by atoms with Gasteiger partial charge in [0.15, 0.2) is 0 Å². The van der Waals surface area contributed by atoms with Crippen LogP contribution >= 0.6 is 0 Å². The van der Waals surface area contributed by atoms with Gasteiger partial charge in [0.05, 0.1) is 24.1 Å². The lowest BCUT2D eigenvalue weighted by Crippen LogP contribution is -2.56. The molecule has 0 N–H and O–H groups in total. The van der Waals surface area contributed by atoms with Crippen molar-refractivity contribution in [3.05, 3.63) is 82.9 Å². The molecule has 0 bridgehead atoms. The summed E-state index contributed by atoms with van der Waals surface area (Å²) in [4.78, 5) is 11.7. The highest BCUT2D eigenvalue weighted by Gasteiger charge is 2.38. The zero-order chi connectivity index (χ0) is 19.7. The normalized spacial score (nSPS) is 15.2. The molecular formula is C21H19NO5S. The number of sulfonamides is 1. The van der Waals surface area contributed by atoms with Crippen molar-refractivity contribution in [1.29, 1.82) is 0 Å². The van der Waals surface area contributed by atoms with E-state index in [1.807, 2.05) is 36.4 Å². The molecule has 4 rings (SSSR count). The van der Waals surface area contributed by atoms with Crippen molar-refractivity contribution in [2.45, 2.75) is 17.9 Å². The number of nitrogens with zero attached hydrogens (tertiary/aromatic N) is 1. The van der Waals surface area contributed by atoms with Crippen molar-refractivity contribution in [2.75, 3.05) is 13.1 Å². The number of hydrogen-bond acceptors (Lipinski definition) is 5. The summed E-state index contributed by atoms with van der Waals surface area (Å²) >= 11 is 0. The molecule has 0 aliphatic carbocycles. The monoisotopic (exact) mass is 397 g/mol. The molecule has 7 heteroatoms. The van der Waals surface area contributed by atoms with Crippen LogP contribution in [-0.4, -0.2) is 31.9 Å². The number of hydrogen-bond donors (Lipinski definition) is 0. The van der Waals surface area contributed by atoms with Crippen molar-refractivity contribution in [2.24, 2.45) is 0 Å². The largest absolute Gasteiger partial charge is 0.487 e. The van der Waals surface area contributed by atoms with Gasteiger partial charge in [-0.3, -0.25) is 0 Å². The Balaban J connectivity index is 1.48. The first-order valence-electron chi connectivity index (χ1n) is 8.86. The molecule has 1 aliphatic heterocycles. The summed E-state index contributed by atoms with van der Waals surface area (Å²) in [5, 5.41) is 0. The van der Waals surface area contributed by atoms with E-state index in [4.69, 9.17) is 9.15 Å². The molecule has 1 saturated heterocycles. The van der Waals surface area contributed by atoms with Gasteiger partial charge in [-0.25, -0.2) is 13.2 Å². The van der Waals surface area contributed by atoms with Crippen LogP contribution in [-0.2, 0) is 10.0 Å². The summed E-state index contributed by atoms with van der Waals surface area (Å²) in [7, 11) is -3.60. The molecular weight excluding hydrogens is 378 g/mol. The lowest BCUT2D eigenvalue weighted by Gasteiger charge is -2.37. The molecule has 1 aromatic heterocycles. The van der Waals surface area contributed by atoms with Crippen LogP contribution in [0.4, 0.5) is 0 Å². The van der Waals surface area contributed by atoms with E-state index in [1.165, 1.54) is 10.4 Å². The zero-order valence-electron chi connectivity index (χ0n) is 15.2. The van der Waals surface area contributed by atoms with Crippen molar-refractivity contribution in [3.8, 4) is 16.9 Å². The van der Waals surface area contributed by atoms with Crippen molar-refractivity contribution < 1.29 is 17.6 Å². The molecule has 6 nitrogen and oxygen atoms in total. The Kier molecular flexibility index (Phi) is 4.78. The topological polar surface area (TPSA) is 76.8 Å². The SMILES string of the molecule is Cc1cc(OC2CN(S(=O)(=O)c3cccc(-c4ccccc4)c3)C2)cc(=O)o1. The first kappa shape index (κ1) is 18.5. The van der Waals surface area contributed by atoms with E-state index < -0.39 is 15.6 Å². The van der Waals surface area contributed by atoms with Crippen LogP contribution in [0.2, 0.25) is 0 Å². The number of benzene rings is 2. The van der Waals surface area contributed by atoms with E-state index >= 15 is 0 Å². The van der Waals surface area contributed by atoms with Crippen molar-refractivity contribution >= 4 is 10.0 Å². The second-order valence-electron chi connectivity index (χ2n) is 6.68. The van der Waals surface area contributed by atoms with Crippen molar-refractivity contribution in [3.63, 3.8) is 0 Å². The standard InChI is InChI=1S/C21H19NO5S/c1-15-10-18(12-21(23)26-15)27-19-13-22(14-19)28(24,25)20-9-5-8-17(11-20)16-6-3-2-4-7-16/h2-12,19H,13-14H2,1H3. The van der Waals surface area contributed by atoms with Crippen LogP contribution in [0.1, 0.15) is 5.76 Å². The van der Waals surface area contributed by atoms with E-state index in [0.29, 0.717) is 11.5 Å². The number of rotatable bonds is 5. The maximum absolute atomic E-state index is 12.9. The lowest BCUT2D eigenvalue weighted by atomic mass is 10.1. The Bertz CT molecular complexity index is 1150. The second kappa shape index (κ2) is 7.26. The Morgan fingerprint density at radius 3 is 2.39 bits per heavy atom. The highest BCUT2D eigenvalue weighted by Crippen LogP contribution is 2.28. The predicted octanol–water partition coefficient (Wildman–Crippen LogP) is 3.07. The molecule has 0 radical (unpaired) electrons. The van der Waals surface area contributed by atoms with Gasteiger partial charge < -0.3 is 9.15 Å². The van der Waals surface area contributed by atoms with Gasteiger partial charge in [0, 0.05) is 6.07 Å². The summed E-state index contributed by atoms with van der Waals surface area (Å²) < 4.78 is 37.8. The number of ether oxygens (including phenoxy) is 1. The van der Waals surface area contributed by atoms with Gasteiger partial charge >= 0.3 is 5.63 Å². The van der Waals surface area contributed by atoms with Gasteiger partial charge in [-0.05, 0) is 30.2 Å². The second-order valence-corrected chi connectivity index (χ2v) is 8.62. The third kappa shape index (κ3) is 3.72. The fourth-order valence-corrected chi connectivity index (χ4v) is 4.67. The van der Waals surface area contributed by atoms with Gasteiger partial charge in [-0.2, -0.15) is 4.31 Å². The summed E-state index contributed by atoms with van der Waals surface area (Å²) in [6.07, 6.45) is -0.298. The summed E-state index contributed by atoms with van der Waals surface area (Å²) in [6, 6.07) is 19.4. The maximum Gasteiger partial charge on any atom is 0.339 e. The zero-order valence-corrected chi connectivity index (χ0v) is 16.1. The van der Waals surface area contributed by atoms with Crippen LogP contribution in [0.3, 0.4) is 0 Å². The highest BCUT2D eigenvalue weighted by molar-refractivity contribution is 7.89. The van der Waals surface area contributed by atoms with Crippen LogP contribution in [0, 0.1) is 6.92 Å². The van der Waals surface area contributed by atoms with Gasteiger partial charge in [-0.15, -0.1) is 0 Å². The first-order valence-corrected chi connectivity index (χ1v) is 10.3. The van der Waals surface area contributed by atoms with Gasteiger partial charge in [0.25, 0.3) is 0 Å². The minimum absolute atomic E-state index is 0.233. The molecule has 0 saturated carbocycles. The van der Waals surface area contributed by atoms with Crippen LogP contribution < -0.4 is 10.4 Å². The average Bonchev–Trinajstić information content (AvgIpc) is 2.64. The minimum atomic E-state index is -3.60. The Morgan fingerprint density at radius 1 is 0.964 bits per heavy atom. The van der Waals surface area contributed by atoms with Gasteiger partial charge in [-0.1, -0.05) is 42.5 Å². The molecule has 1 aliphatic rings. The van der Waals surface area contributed by atoms with E-state index in [9.17, 15) is 13.2 Å². The molecule has 0 amide bonds. The van der Waals surface area contributed by atoms with Gasteiger partial charge in [0.2, 0.25) is 10.0 Å². The first-order chi connectivity index (χ1) is 13.4. The predicted molar refractivity (Wildman–Crippen MR) is 105 cm³/mol. The van der Waals surface area contributed by atoms with E-state index in [1.54, 1.807) is 31.2 Å². The highest BCUT2D eigenvalue weighted by atomic mass is 32.2. The quantitative estimate of drug-likeness (QED) is 0.661. The van der Waals surface area contributed by atoms with E-state index in [-0.39, 0.29) is 24.1 Å². The molecule has 2 heterocycles. The van der Waals surface area contributed by atoms with Crippen molar-refractivity contribution in [1.82, 2.24) is 4.31 Å². The Morgan fingerprint density at radius 2 is 1.68 bits per heavy atom. The van der Waals surface area contributed by atoms with Gasteiger partial charge in [0.1, 0.15) is 17.6 Å². The maximum atomic E-state index is 12.9. The molecule has 3 aromatic rings. The third-order valence-electron chi connectivity index (χ3n) is 4.56.